The van der Waals surface area contributed by atoms with E-state index < -0.39 is 0 Å². The van der Waals surface area contributed by atoms with Gasteiger partial charge in [-0.25, -0.2) is 4.57 Å². The van der Waals surface area contributed by atoms with Crippen LogP contribution in [-0.2, 0) is 6.54 Å². The SMILES string of the molecule is COc1cc2cc[n+](CCOc3ccc(Cl)cc3)cc2cc1OC. The summed E-state index contributed by atoms with van der Waals surface area (Å²) in [4.78, 5) is 0. The third-order valence-corrected chi connectivity index (χ3v) is 4.02. The highest BCUT2D eigenvalue weighted by molar-refractivity contribution is 6.30. The Balaban J connectivity index is 1.71. The molecule has 0 saturated heterocycles. The summed E-state index contributed by atoms with van der Waals surface area (Å²) in [6, 6.07) is 13.4. The van der Waals surface area contributed by atoms with Crippen molar-refractivity contribution in [3.63, 3.8) is 0 Å². The molecule has 0 radical (unpaired) electrons. The van der Waals surface area contributed by atoms with Crippen molar-refractivity contribution in [1.29, 1.82) is 0 Å². The highest BCUT2D eigenvalue weighted by Gasteiger charge is 2.09. The van der Waals surface area contributed by atoms with E-state index in [0.29, 0.717) is 11.6 Å². The van der Waals surface area contributed by atoms with Crippen LogP contribution in [0.4, 0.5) is 0 Å². The minimum Gasteiger partial charge on any atom is -0.493 e. The summed E-state index contributed by atoms with van der Waals surface area (Å²) in [6.07, 6.45) is 4.10. The molecule has 24 heavy (non-hydrogen) atoms. The first-order valence-electron chi connectivity index (χ1n) is 7.63. The molecular weight excluding hydrogens is 326 g/mol. The number of rotatable bonds is 6. The molecule has 0 atom stereocenters. The van der Waals surface area contributed by atoms with Crippen molar-refractivity contribution in [2.24, 2.45) is 0 Å². The van der Waals surface area contributed by atoms with Crippen LogP contribution in [0, 0.1) is 0 Å². The normalized spacial score (nSPS) is 10.6. The predicted molar refractivity (Wildman–Crippen MR) is 94.2 cm³/mol. The molecule has 0 aliphatic rings. The molecule has 0 N–H and O–H groups in total. The minimum absolute atomic E-state index is 0.574. The third kappa shape index (κ3) is 3.71. The van der Waals surface area contributed by atoms with Crippen molar-refractivity contribution in [3.8, 4) is 17.2 Å². The number of hydrogen-bond acceptors (Lipinski definition) is 3. The smallest absolute Gasteiger partial charge is 0.182 e. The maximum Gasteiger partial charge on any atom is 0.182 e. The molecule has 0 aliphatic carbocycles. The molecule has 0 saturated carbocycles. The predicted octanol–water partition coefficient (Wildman–Crippen LogP) is 3.88. The molecule has 0 unspecified atom stereocenters. The Kier molecular flexibility index (Phi) is 5.06. The number of ether oxygens (including phenoxy) is 3. The van der Waals surface area contributed by atoms with Crippen LogP contribution in [0.1, 0.15) is 0 Å². The number of fused-ring (bicyclic) bond motifs is 1. The van der Waals surface area contributed by atoms with Crippen molar-refractivity contribution < 1.29 is 18.8 Å². The molecule has 1 heterocycles. The molecule has 5 heteroatoms. The van der Waals surface area contributed by atoms with Gasteiger partial charge in [-0.2, -0.15) is 0 Å². The number of pyridine rings is 1. The number of nitrogens with zero attached hydrogens (tertiary/aromatic N) is 1. The van der Waals surface area contributed by atoms with Gasteiger partial charge in [-0.3, -0.25) is 0 Å². The van der Waals surface area contributed by atoms with E-state index in [1.54, 1.807) is 14.2 Å². The van der Waals surface area contributed by atoms with Gasteiger partial charge in [0, 0.05) is 16.5 Å². The Hall–Kier alpha value is -2.46. The van der Waals surface area contributed by atoms with E-state index in [9.17, 15) is 0 Å². The average Bonchev–Trinajstić information content (AvgIpc) is 2.62. The number of benzene rings is 2. The van der Waals surface area contributed by atoms with E-state index in [-0.39, 0.29) is 0 Å². The molecule has 4 nitrogen and oxygen atoms in total. The topological polar surface area (TPSA) is 31.6 Å². The van der Waals surface area contributed by atoms with Gasteiger partial charge in [0.2, 0.25) is 0 Å². The molecule has 1 aromatic heterocycles. The van der Waals surface area contributed by atoms with Crippen LogP contribution in [-0.4, -0.2) is 20.8 Å². The molecule has 0 fully saturated rings. The molecule has 0 amide bonds. The van der Waals surface area contributed by atoms with Crippen LogP contribution < -0.4 is 18.8 Å². The molecule has 3 rings (SSSR count). The zero-order valence-corrected chi connectivity index (χ0v) is 14.4. The summed E-state index contributed by atoms with van der Waals surface area (Å²) in [5.41, 5.74) is 0. The number of halogens is 1. The van der Waals surface area contributed by atoms with Gasteiger partial charge in [-0.15, -0.1) is 0 Å². The first-order valence-corrected chi connectivity index (χ1v) is 8.00. The summed E-state index contributed by atoms with van der Waals surface area (Å²) >= 11 is 5.86. The molecule has 124 valence electrons. The van der Waals surface area contributed by atoms with Gasteiger partial charge >= 0.3 is 0 Å². The Morgan fingerprint density at radius 1 is 0.917 bits per heavy atom. The molecule has 2 aromatic carbocycles. The van der Waals surface area contributed by atoms with Crippen molar-refractivity contribution in [2.45, 2.75) is 6.54 Å². The number of methoxy groups -OCH3 is 2. The zero-order chi connectivity index (χ0) is 16.9. The fourth-order valence-electron chi connectivity index (χ4n) is 2.50. The van der Waals surface area contributed by atoms with Crippen LogP contribution in [0.3, 0.4) is 0 Å². The summed E-state index contributed by atoms with van der Waals surface area (Å²) in [5.74, 6) is 2.26. The Morgan fingerprint density at radius 2 is 1.58 bits per heavy atom. The maximum atomic E-state index is 5.86. The fourth-order valence-corrected chi connectivity index (χ4v) is 2.63. The lowest BCUT2D eigenvalue weighted by atomic mass is 10.1. The Labute approximate surface area is 146 Å². The van der Waals surface area contributed by atoms with E-state index in [4.69, 9.17) is 25.8 Å². The lowest BCUT2D eigenvalue weighted by Crippen LogP contribution is -2.35. The zero-order valence-electron chi connectivity index (χ0n) is 13.7. The highest BCUT2D eigenvalue weighted by atomic mass is 35.5. The van der Waals surface area contributed by atoms with Crippen LogP contribution in [0.15, 0.2) is 54.9 Å². The lowest BCUT2D eigenvalue weighted by molar-refractivity contribution is -0.696. The van der Waals surface area contributed by atoms with Gasteiger partial charge in [0.15, 0.2) is 30.4 Å². The van der Waals surface area contributed by atoms with Gasteiger partial charge in [-0.05, 0) is 41.8 Å². The second kappa shape index (κ2) is 7.41. The third-order valence-electron chi connectivity index (χ3n) is 3.77. The van der Waals surface area contributed by atoms with E-state index in [1.165, 1.54) is 0 Å². The number of hydrogen-bond donors (Lipinski definition) is 0. The molecule has 0 aliphatic heterocycles. The molecular formula is C19H19ClNO3+. The van der Waals surface area contributed by atoms with Gasteiger partial charge in [0.25, 0.3) is 0 Å². The second-order valence-electron chi connectivity index (χ2n) is 5.32. The van der Waals surface area contributed by atoms with Gasteiger partial charge < -0.3 is 14.2 Å². The largest absolute Gasteiger partial charge is 0.493 e. The monoisotopic (exact) mass is 344 g/mol. The standard InChI is InChI=1S/C19H19ClNO3/c1-22-18-11-14-7-8-21(13-15(14)12-19(18)23-2)9-10-24-17-5-3-16(20)4-6-17/h3-8,11-13H,9-10H2,1-2H3/q+1. The molecule has 0 bridgehead atoms. The first-order chi connectivity index (χ1) is 11.7. The van der Waals surface area contributed by atoms with Crippen LogP contribution in [0.25, 0.3) is 10.8 Å². The summed E-state index contributed by atoms with van der Waals surface area (Å²) < 4.78 is 18.5. The van der Waals surface area contributed by atoms with Crippen LogP contribution in [0.2, 0.25) is 5.02 Å². The summed E-state index contributed by atoms with van der Waals surface area (Å²) in [7, 11) is 3.28. The Bertz CT molecular complexity index is 834. The van der Waals surface area contributed by atoms with Crippen LogP contribution in [0.5, 0.6) is 17.2 Å². The summed E-state index contributed by atoms with van der Waals surface area (Å²) in [6.45, 7) is 1.32. The van der Waals surface area contributed by atoms with Gasteiger partial charge in [0.05, 0.1) is 14.2 Å². The first kappa shape index (κ1) is 16.4. The quantitative estimate of drug-likeness (QED) is 0.636. The Morgan fingerprint density at radius 3 is 2.25 bits per heavy atom. The number of aromatic nitrogens is 1. The highest BCUT2D eigenvalue weighted by Crippen LogP contribution is 2.31. The van der Waals surface area contributed by atoms with Crippen molar-refractivity contribution >= 4 is 22.4 Å². The molecule has 3 aromatic rings. The van der Waals surface area contributed by atoms with Crippen molar-refractivity contribution in [3.05, 3.63) is 59.9 Å². The van der Waals surface area contributed by atoms with E-state index in [0.717, 1.165) is 34.6 Å². The maximum absolute atomic E-state index is 5.86. The minimum atomic E-state index is 0.574. The van der Waals surface area contributed by atoms with E-state index in [2.05, 4.69) is 16.8 Å². The average molecular weight is 345 g/mol. The van der Waals surface area contributed by atoms with E-state index in [1.807, 2.05) is 42.6 Å². The lowest BCUT2D eigenvalue weighted by Gasteiger charge is -2.09. The fraction of sp³-hybridized carbons (Fsp3) is 0.211. The van der Waals surface area contributed by atoms with Gasteiger partial charge in [0.1, 0.15) is 12.4 Å². The van der Waals surface area contributed by atoms with Crippen molar-refractivity contribution in [2.75, 3.05) is 20.8 Å². The summed E-state index contributed by atoms with van der Waals surface area (Å²) in [5, 5.41) is 2.89. The van der Waals surface area contributed by atoms with Crippen LogP contribution >= 0.6 is 11.6 Å². The van der Waals surface area contributed by atoms with Gasteiger partial charge in [-0.1, -0.05) is 11.6 Å². The molecule has 0 spiro atoms. The van der Waals surface area contributed by atoms with Crippen molar-refractivity contribution in [1.82, 2.24) is 0 Å². The second-order valence-corrected chi connectivity index (χ2v) is 5.76. The van der Waals surface area contributed by atoms with E-state index >= 15 is 0 Å².